The highest BCUT2D eigenvalue weighted by Gasteiger charge is 2.64. The highest BCUT2D eigenvalue weighted by molar-refractivity contribution is 5.91. The van der Waals surface area contributed by atoms with Gasteiger partial charge in [-0.25, -0.2) is 0 Å². The highest BCUT2D eigenvalue weighted by Crippen LogP contribution is 2.61. The number of hydrogen-bond acceptors (Lipinski definition) is 3. The molecule has 2 bridgehead atoms. The molecule has 1 amide bonds. The average Bonchev–Trinajstić information content (AvgIpc) is 2.59. The summed E-state index contributed by atoms with van der Waals surface area (Å²) in [4.78, 5) is 13.3. The highest BCUT2D eigenvalue weighted by atomic mass is 16.5. The smallest absolute Gasteiger partial charge is 0.232 e. The molecular formula is C20H27NO3. The minimum absolute atomic E-state index is 0.0137. The molecule has 0 spiro atoms. The maximum atomic E-state index is 13.3. The molecule has 1 N–H and O–H groups in total. The van der Waals surface area contributed by atoms with Crippen molar-refractivity contribution in [3.8, 4) is 5.75 Å². The number of nitrogens with one attached hydrogen (secondary N) is 1. The molecule has 4 nitrogen and oxygen atoms in total. The maximum Gasteiger partial charge on any atom is 0.232 e. The number of rotatable bonds is 3. The first-order valence-corrected chi connectivity index (χ1v) is 9.16. The van der Waals surface area contributed by atoms with Gasteiger partial charge in [-0.1, -0.05) is 19.4 Å². The summed E-state index contributed by atoms with van der Waals surface area (Å²) >= 11 is 0. The third-order valence-electron chi connectivity index (χ3n) is 6.77. The molecule has 2 aliphatic carbocycles. The first kappa shape index (κ1) is 15.9. The second-order valence-electron chi connectivity index (χ2n) is 7.75. The van der Waals surface area contributed by atoms with Crippen LogP contribution in [0.4, 0.5) is 0 Å². The summed E-state index contributed by atoms with van der Waals surface area (Å²) in [5.41, 5.74) is 2.12. The minimum atomic E-state index is -0.388. The molecule has 2 fully saturated rings. The van der Waals surface area contributed by atoms with Crippen molar-refractivity contribution in [2.45, 2.75) is 57.6 Å². The van der Waals surface area contributed by atoms with E-state index in [2.05, 4.69) is 24.4 Å². The number of methoxy groups -OCH3 is 1. The quantitative estimate of drug-likeness (QED) is 0.926. The molecule has 0 aromatic heterocycles. The van der Waals surface area contributed by atoms with Crippen LogP contribution in [0, 0.1) is 11.3 Å². The third kappa shape index (κ3) is 1.92. The molecule has 0 radical (unpaired) electrons. The van der Waals surface area contributed by atoms with Gasteiger partial charge in [0.05, 0.1) is 12.5 Å². The van der Waals surface area contributed by atoms with Gasteiger partial charge in [0.2, 0.25) is 5.91 Å². The van der Waals surface area contributed by atoms with Crippen molar-refractivity contribution < 1.29 is 14.3 Å². The summed E-state index contributed by atoms with van der Waals surface area (Å²) in [5.74, 6) is 1.39. The van der Waals surface area contributed by atoms with Gasteiger partial charge in [-0.15, -0.1) is 0 Å². The number of ether oxygens (including phenoxy) is 2. The van der Waals surface area contributed by atoms with Crippen LogP contribution in [0.25, 0.3) is 0 Å². The van der Waals surface area contributed by atoms with Gasteiger partial charge in [0.1, 0.15) is 12.0 Å². The Morgan fingerprint density at radius 2 is 2.17 bits per heavy atom. The van der Waals surface area contributed by atoms with Gasteiger partial charge >= 0.3 is 0 Å². The summed E-state index contributed by atoms with van der Waals surface area (Å²) < 4.78 is 11.4. The second kappa shape index (κ2) is 5.48. The fourth-order valence-electron chi connectivity index (χ4n) is 5.72. The predicted octanol–water partition coefficient (Wildman–Crippen LogP) is 3.18. The molecule has 4 rings (SSSR count). The van der Waals surface area contributed by atoms with E-state index in [9.17, 15) is 4.79 Å². The van der Waals surface area contributed by atoms with E-state index in [4.69, 9.17) is 9.47 Å². The van der Waals surface area contributed by atoms with Crippen LogP contribution in [-0.4, -0.2) is 25.9 Å². The Morgan fingerprint density at radius 3 is 2.92 bits per heavy atom. The van der Waals surface area contributed by atoms with Crippen LogP contribution in [0.1, 0.15) is 50.7 Å². The van der Waals surface area contributed by atoms with Crippen LogP contribution >= 0.6 is 0 Å². The number of fused-ring (bicyclic) bond motifs is 1. The normalized spacial score (nSPS) is 37.2. The zero-order chi connectivity index (χ0) is 16.9. The van der Waals surface area contributed by atoms with Crippen molar-refractivity contribution in [2.75, 3.05) is 13.7 Å². The maximum absolute atomic E-state index is 13.3. The van der Waals surface area contributed by atoms with E-state index in [1.165, 1.54) is 11.1 Å². The second-order valence-corrected chi connectivity index (χ2v) is 7.75. The lowest BCUT2D eigenvalue weighted by molar-refractivity contribution is -0.176. The molecule has 24 heavy (non-hydrogen) atoms. The van der Waals surface area contributed by atoms with Crippen LogP contribution in [-0.2, 0) is 21.4 Å². The summed E-state index contributed by atoms with van der Waals surface area (Å²) in [7, 11) is 1.70. The molecule has 1 aliphatic heterocycles. The molecule has 3 unspecified atom stereocenters. The summed E-state index contributed by atoms with van der Waals surface area (Å²) in [6.07, 6.45) is 5.05. The molecule has 130 valence electrons. The van der Waals surface area contributed by atoms with Crippen LogP contribution in [0.3, 0.4) is 0 Å². The monoisotopic (exact) mass is 329 g/mol. The number of amides is 1. The van der Waals surface area contributed by atoms with E-state index >= 15 is 0 Å². The van der Waals surface area contributed by atoms with Gasteiger partial charge in [-0.05, 0) is 61.8 Å². The number of carbonyl (C=O) groups is 1. The first-order chi connectivity index (χ1) is 11.6. The van der Waals surface area contributed by atoms with Gasteiger partial charge in [0.15, 0.2) is 0 Å². The molecule has 1 saturated carbocycles. The lowest BCUT2D eigenvalue weighted by Gasteiger charge is -2.61. The van der Waals surface area contributed by atoms with Crippen molar-refractivity contribution in [3.05, 3.63) is 29.3 Å². The summed E-state index contributed by atoms with van der Waals surface area (Å²) in [6.45, 7) is 4.95. The SMILES string of the molecule is CCOC1NC(=O)C23CCCC1(C)[C@H]2CCc1cc(OC)ccc13. The van der Waals surface area contributed by atoms with Gasteiger partial charge in [0.25, 0.3) is 0 Å². The predicted molar refractivity (Wildman–Crippen MR) is 92.0 cm³/mol. The lowest BCUT2D eigenvalue weighted by Crippen LogP contribution is -2.70. The molecular weight excluding hydrogens is 302 g/mol. The Hall–Kier alpha value is -1.55. The number of hydrogen-bond donors (Lipinski definition) is 1. The fraction of sp³-hybridized carbons (Fsp3) is 0.650. The Balaban J connectivity index is 1.85. The molecule has 1 aromatic rings. The molecule has 1 saturated heterocycles. The van der Waals surface area contributed by atoms with Gasteiger partial charge < -0.3 is 14.8 Å². The third-order valence-corrected chi connectivity index (χ3v) is 6.77. The van der Waals surface area contributed by atoms with E-state index < -0.39 is 0 Å². The summed E-state index contributed by atoms with van der Waals surface area (Å²) in [6, 6.07) is 6.25. The van der Waals surface area contributed by atoms with Crippen molar-refractivity contribution in [2.24, 2.45) is 11.3 Å². The van der Waals surface area contributed by atoms with Crippen LogP contribution in [0.15, 0.2) is 18.2 Å². The average molecular weight is 329 g/mol. The van der Waals surface area contributed by atoms with Crippen molar-refractivity contribution in [1.29, 1.82) is 0 Å². The fourth-order valence-corrected chi connectivity index (χ4v) is 5.72. The lowest BCUT2D eigenvalue weighted by atomic mass is 9.46. The van der Waals surface area contributed by atoms with E-state index in [0.29, 0.717) is 12.5 Å². The van der Waals surface area contributed by atoms with Crippen molar-refractivity contribution >= 4 is 5.91 Å². The minimum Gasteiger partial charge on any atom is -0.497 e. The number of aryl methyl sites for hydroxylation is 1. The Labute approximate surface area is 143 Å². The van der Waals surface area contributed by atoms with E-state index in [-0.39, 0.29) is 23.0 Å². The molecule has 1 heterocycles. The summed E-state index contributed by atoms with van der Waals surface area (Å²) in [5, 5.41) is 3.23. The number of carbonyl (C=O) groups excluding carboxylic acids is 1. The van der Waals surface area contributed by atoms with Crippen LogP contribution in [0.2, 0.25) is 0 Å². The zero-order valence-corrected chi connectivity index (χ0v) is 14.9. The van der Waals surface area contributed by atoms with Crippen LogP contribution in [0.5, 0.6) is 5.75 Å². The Bertz CT molecular complexity index is 673. The first-order valence-electron chi connectivity index (χ1n) is 9.16. The zero-order valence-electron chi connectivity index (χ0n) is 14.9. The number of piperidine rings is 1. The molecule has 3 aliphatic rings. The van der Waals surface area contributed by atoms with E-state index in [1.54, 1.807) is 7.11 Å². The van der Waals surface area contributed by atoms with Crippen molar-refractivity contribution in [3.63, 3.8) is 0 Å². The van der Waals surface area contributed by atoms with Gasteiger partial charge in [0, 0.05) is 12.0 Å². The largest absolute Gasteiger partial charge is 0.497 e. The Morgan fingerprint density at radius 1 is 1.33 bits per heavy atom. The van der Waals surface area contributed by atoms with Crippen LogP contribution < -0.4 is 10.1 Å². The van der Waals surface area contributed by atoms with Crippen molar-refractivity contribution in [1.82, 2.24) is 5.32 Å². The Kier molecular flexibility index (Phi) is 3.64. The topological polar surface area (TPSA) is 47.6 Å². The van der Waals surface area contributed by atoms with E-state index in [1.807, 2.05) is 13.0 Å². The standard InChI is InChI=1S/C20H27NO3/c1-4-24-18-19(2)10-5-11-20(17(22)21-18)15-8-7-14(23-3)12-13(15)6-9-16(19)20/h7-8,12,16,18H,4-6,9-11H2,1-3H3,(H,21,22)/t16-,18?,19?,20?/m1/s1. The van der Waals surface area contributed by atoms with Gasteiger partial charge in [-0.2, -0.15) is 0 Å². The van der Waals surface area contributed by atoms with Gasteiger partial charge in [-0.3, -0.25) is 4.79 Å². The van der Waals surface area contributed by atoms with E-state index in [0.717, 1.165) is 37.9 Å². The number of benzene rings is 1. The molecule has 4 heteroatoms. The molecule has 1 aromatic carbocycles. The molecule has 4 atom stereocenters.